The summed E-state index contributed by atoms with van der Waals surface area (Å²) in [5, 5.41) is 3.88. The molecule has 0 aromatic heterocycles. The van der Waals surface area contributed by atoms with Crippen LogP contribution in [-0.4, -0.2) is 26.0 Å². The number of hydrogen-bond donors (Lipinski definition) is 2. The SMILES string of the molecule is CNCc1c(Cl)cccc1N1CCC(C)(C(N)=O)C1. The molecule has 1 amide bonds. The molecule has 1 aromatic carbocycles. The standard InChI is InChI=1S/C14H20ClN3O/c1-14(13(16)19)6-7-18(9-14)12-5-3-4-11(15)10(12)8-17-2/h3-5,17H,6-9H2,1-2H3,(H2,16,19). The number of nitrogens with two attached hydrogens (primary N) is 1. The Bertz CT molecular complexity index is 492. The number of anilines is 1. The zero-order valence-corrected chi connectivity index (χ0v) is 12.1. The number of benzene rings is 1. The molecular weight excluding hydrogens is 262 g/mol. The lowest BCUT2D eigenvalue weighted by Gasteiger charge is -2.25. The maximum atomic E-state index is 11.5. The molecule has 1 aliphatic heterocycles. The number of nitrogens with one attached hydrogen (secondary N) is 1. The summed E-state index contributed by atoms with van der Waals surface area (Å²) in [5.74, 6) is -0.229. The van der Waals surface area contributed by atoms with Gasteiger partial charge in [-0.25, -0.2) is 0 Å². The van der Waals surface area contributed by atoms with E-state index < -0.39 is 5.41 Å². The van der Waals surface area contributed by atoms with Crippen molar-refractivity contribution < 1.29 is 4.79 Å². The summed E-state index contributed by atoms with van der Waals surface area (Å²) in [6.45, 7) is 4.12. The number of carbonyl (C=O) groups is 1. The molecule has 0 radical (unpaired) electrons. The van der Waals surface area contributed by atoms with Gasteiger partial charge in [0.2, 0.25) is 5.91 Å². The minimum Gasteiger partial charge on any atom is -0.370 e. The molecule has 0 saturated carbocycles. The highest BCUT2D eigenvalue weighted by molar-refractivity contribution is 6.31. The lowest BCUT2D eigenvalue weighted by Crippen LogP contribution is -2.37. The van der Waals surface area contributed by atoms with Gasteiger partial charge in [0.25, 0.3) is 0 Å². The third-order valence-corrected chi connectivity index (χ3v) is 4.21. The predicted octanol–water partition coefficient (Wildman–Crippen LogP) is 1.76. The Morgan fingerprint density at radius 1 is 1.58 bits per heavy atom. The molecule has 5 heteroatoms. The third-order valence-electron chi connectivity index (χ3n) is 3.86. The van der Waals surface area contributed by atoms with E-state index in [2.05, 4.69) is 10.2 Å². The smallest absolute Gasteiger partial charge is 0.225 e. The number of rotatable bonds is 4. The highest BCUT2D eigenvalue weighted by Crippen LogP contribution is 2.36. The average molecular weight is 282 g/mol. The van der Waals surface area contributed by atoms with Gasteiger partial charge in [-0.3, -0.25) is 4.79 Å². The Kier molecular flexibility index (Phi) is 4.02. The second kappa shape index (κ2) is 5.39. The Balaban J connectivity index is 2.29. The highest BCUT2D eigenvalue weighted by atomic mass is 35.5. The van der Waals surface area contributed by atoms with Gasteiger partial charge in [0, 0.05) is 35.9 Å². The zero-order valence-electron chi connectivity index (χ0n) is 11.4. The Labute approximate surface area is 118 Å². The molecule has 3 N–H and O–H groups in total. The summed E-state index contributed by atoms with van der Waals surface area (Å²) in [6.07, 6.45) is 0.786. The summed E-state index contributed by atoms with van der Waals surface area (Å²) >= 11 is 6.26. The van der Waals surface area contributed by atoms with E-state index in [1.54, 1.807) is 0 Å². The van der Waals surface area contributed by atoms with Crippen molar-refractivity contribution in [1.82, 2.24) is 5.32 Å². The van der Waals surface area contributed by atoms with E-state index in [0.717, 1.165) is 29.2 Å². The first-order chi connectivity index (χ1) is 8.98. The number of carbonyl (C=O) groups excluding carboxylic acids is 1. The molecule has 1 fully saturated rings. The van der Waals surface area contributed by atoms with Gasteiger partial charge >= 0.3 is 0 Å². The molecule has 1 aliphatic rings. The molecular formula is C14H20ClN3O. The second-order valence-electron chi connectivity index (χ2n) is 5.36. The van der Waals surface area contributed by atoms with Crippen LogP contribution in [0.1, 0.15) is 18.9 Å². The number of primary amides is 1. The quantitative estimate of drug-likeness (QED) is 0.884. The van der Waals surface area contributed by atoms with Crippen molar-refractivity contribution in [2.75, 3.05) is 25.0 Å². The molecule has 1 aromatic rings. The van der Waals surface area contributed by atoms with Crippen molar-refractivity contribution in [3.63, 3.8) is 0 Å². The van der Waals surface area contributed by atoms with E-state index in [0.29, 0.717) is 13.1 Å². The van der Waals surface area contributed by atoms with Crippen LogP contribution in [0.2, 0.25) is 5.02 Å². The third kappa shape index (κ3) is 2.69. The van der Waals surface area contributed by atoms with Crippen molar-refractivity contribution in [2.24, 2.45) is 11.1 Å². The van der Waals surface area contributed by atoms with Gasteiger partial charge in [-0.2, -0.15) is 0 Å². The van der Waals surface area contributed by atoms with Gasteiger partial charge in [0.05, 0.1) is 5.41 Å². The summed E-state index contributed by atoms with van der Waals surface area (Å²) in [5.41, 5.74) is 7.21. The van der Waals surface area contributed by atoms with Gasteiger partial charge in [0.15, 0.2) is 0 Å². The van der Waals surface area contributed by atoms with Gasteiger partial charge < -0.3 is 16.0 Å². The Hall–Kier alpha value is -1.26. The van der Waals surface area contributed by atoms with Crippen LogP contribution in [0.4, 0.5) is 5.69 Å². The minimum atomic E-state index is -0.445. The van der Waals surface area contributed by atoms with Crippen LogP contribution in [-0.2, 0) is 11.3 Å². The highest BCUT2D eigenvalue weighted by Gasteiger charge is 2.39. The van der Waals surface area contributed by atoms with Crippen LogP contribution >= 0.6 is 11.6 Å². The number of amides is 1. The first-order valence-corrected chi connectivity index (χ1v) is 6.82. The fourth-order valence-electron chi connectivity index (χ4n) is 2.56. The van der Waals surface area contributed by atoms with Crippen LogP contribution in [0.25, 0.3) is 0 Å². The maximum Gasteiger partial charge on any atom is 0.225 e. The molecule has 0 bridgehead atoms. The normalized spacial score (nSPS) is 22.8. The van der Waals surface area contributed by atoms with E-state index in [-0.39, 0.29) is 5.91 Å². The molecule has 1 saturated heterocycles. The monoisotopic (exact) mass is 281 g/mol. The zero-order chi connectivity index (χ0) is 14.0. The van der Waals surface area contributed by atoms with Crippen LogP contribution in [0.15, 0.2) is 18.2 Å². The Morgan fingerprint density at radius 3 is 2.89 bits per heavy atom. The number of hydrogen-bond acceptors (Lipinski definition) is 3. The van der Waals surface area contributed by atoms with E-state index in [9.17, 15) is 4.79 Å². The minimum absolute atomic E-state index is 0.229. The van der Waals surface area contributed by atoms with Crippen molar-refractivity contribution >= 4 is 23.2 Å². The van der Waals surface area contributed by atoms with Gasteiger partial charge in [-0.15, -0.1) is 0 Å². The molecule has 0 spiro atoms. The van der Waals surface area contributed by atoms with Gasteiger partial charge in [-0.05, 0) is 32.5 Å². The van der Waals surface area contributed by atoms with Gasteiger partial charge in [0.1, 0.15) is 0 Å². The fraction of sp³-hybridized carbons (Fsp3) is 0.500. The van der Waals surface area contributed by atoms with E-state index in [4.69, 9.17) is 17.3 Å². The van der Waals surface area contributed by atoms with Crippen LogP contribution in [0, 0.1) is 5.41 Å². The fourth-order valence-corrected chi connectivity index (χ4v) is 2.80. The average Bonchev–Trinajstić information content (AvgIpc) is 2.76. The van der Waals surface area contributed by atoms with Crippen LogP contribution < -0.4 is 16.0 Å². The first-order valence-electron chi connectivity index (χ1n) is 6.45. The molecule has 2 rings (SSSR count). The van der Waals surface area contributed by atoms with E-state index in [1.165, 1.54) is 0 Å². The van der Waals surface area contributed by atoms with E-state index in [1.807, 2.05) is 32.2 Å². The number of nitrogens with zero attached hydrogens (tertiary/aromatic N) is 1. The molecule has 1 atom stereocenters. The molecule has 4 nitrogen and oxygen atoms in total. The van der Waals surface area contributed by atoms with Crippen LogP contribution in [0.3, 0.4) is 0 Å². The summed E-state index contributed by atoms with van der Waals surface area (Å²) in [7, 11) is 1.89. The predicted molar refractivity (Wildman–Crippen MR) is 78.3 cm³/mol. The van der Waals surface area contributed by atoms with Crippen LogP contribution in [0.5, 0.6) is 0 Å². The first kappa shape index (κ1) is 14.2. The second-order valence-corrected chi connectivity index (χ2v) is 5.77. The summed E-state index contributed by atoms with van der Waals surface area (Å²) in [6, 6.07) is 5.88. The Morgan fingerprint density at radius 2 is 2.32 bits per heavy atom. The largest absolute Gasteiger partial charge is 0.370 e. The summed E-state index contributed by atoms with van der Waals surface area (Å²) < 4.78 is 0. The number of halogens is 1. The molecule has 19 heavy (non-hydrogen) atoms. The topological polar surface area (TPSA) is 58.4 Å². The molecule has 104 valence electrons. The molecule has 1 heterocycles. The van der Waals surface area contributed by atoms with Gasteiger partial charge in [-0.1, -0.05) is 17.7 Å². The van der Waals surface area contributed by atoms with Crippen molar-refractivity contribution in [3.8, 4) is 0 Å². The lowest BCUT2D eigenvalue weighted by atomic mass is 9.89. The molecule has 1 unspecified atom stereocenters. The maximum absolute atomic E-state index is 11.5. The van der Waals surface area contributed by atoms with Crippen molar-refractivity contribution in [1.29, 1.82) is 0 Å². The van der Waals surface area contributed by atoms with Crippen molar-refractivity contribution in [3.05, 3.63) is 28.8 Å². The lowest BCUT2D eigenvalue weighted by molar-refractivity contribution is -0.125. The van der Waals surface area contributed by atoms with Crippen molar-refractivity contribution in [2.45, 2.75) is 19.9 Å². The molecule has 0 aliphatic carbocycles. The van der Waals surface area contributed by atoms with E-state index >= 15 is 0 Å². The summed E-state index contributed by atoms with van der Waals surface area (Å²) in [4.78, 5) is 13.7.